The molecule has 0 aromatic carbocycles. The summed E-state index contributed by atoms with van der Waals surface area (Å²) in [5, 5.41) is 7.31. The van der Waals surface area contributed by atoms with Gasteiger partial charge in [0.1, 0.15) is 0 Å². The van der Waals surface area contributed by atoms with Crippen molar-refractivity contribution in [2.24, 2.45) is 0 Å². The average Bonchev–Trinajstić information content (AvgIpc) is 2.89. The Morgan fingerprint density at radius 3 is 2.89 bits per heavy atom. The lowest BCUT2D eigenvalue weighted by atomic mass is 10.1. The molecular formula is C12H19N7. The Kier molecular flexibility index (Phi) is 4.27. The quantitative estimate of drug-likeness (QED) is 0.820. The molecule has 19 heavy (non-hydrogen) atoms. The molecule has 2 heterocycles. The fraction of sp³-hybridized carbons (Fsp3) is 0.500. The van der Waals surface area contributed by atoms with Gasteiger partial charge in [0, 0.05) is 18.4 Å². The molecule has 0 bridgehead atoms. The zero-order valence-corrected chi connectivity index (χ0v) is 11.2. The number of rotatable bonds is 6. The van der Waals surface area contributed by atoms with Crippen LogP contribution in [-0.4, -0.2) is 30.8 Å². The Hall–Kier alpha value is -2.18. The summed E-state index contributed by atoms with van der Waals surface area (Å²) in [6.07, 6.45) is 6.83. The Morgan fingerprint density at radius 1 is 1.37 bits per heavy atom. The molecule has 0 amide bonds. The summed E-state index contributed by atoms with van der Waals surface area (Å²) in [6, 6.07) is 2.10. The summed E-state index contributed by atoms with van der Waals surface area (Å²) in [5.74, 6) is 1.09. The van der Waals surface area contributed by atoms with Crippen molar-refractivity contribution in [3.8, 4) is 5.95 Å². The monoisotopic (exact) mass is 261 g/mol. The molecule has 2 aromatic rings. The first-order valence-corrected chi connectivity index (χ1v) is 6.47. The van der Waals surface area contributed by atoms with E-state index in [9.17, 15) is 0 Å². The first-order valence-electron chi connectivity index (χ1n) is 6.47. The third-order valence-corrected chi connectivity index (χ3v) is 2.72. The van der Waals surface area contributed by atoms with Crippen LogP contribution in [0.4, 0.5) is 11.9 Å². The molecule has 7 nitrogen and oxygen atoms in total. The van der Waals surface area contributed by atoms with Gasteiger partial charge in [-0.1, -0.05) is 19.8 Å². The number of nitrogens with one attached hydrogen (secondary N) is 1. The van der Waals surface area contributed by atoms with Crippen LogP contribution in [0, 0.1) is 0 Å². The number of unbranched alkanes of at least 4 members (excludes halogenated alkanes) is 1. The zero-order chi connectivity index (χ0) is 13.7. The second-order valence-electron chi connectivity index (χ2n) is 4.46. The fourth-order valence-corrected chi connectivity index (χ4v) is 1.74. The van der Waals surface area contributed by atoms with E-state index in [4.69, 9.17) is 5.73 Å². The SMILES string of the molecule is CCCCC(C)Nc1nc(N)nc(-n2cccn2)n1. The van der Waals surface area contributed by atoms with Crippen LogP contribution >= 0.6 is 0 Å². The Labute approximate surface area is 112 Å². The van der Waals surface area contributed by atoms with Gasteiger partial charge >= 0.3 is 0 Å². The largest absolute Gasteiger partial charge is 0.368 e. The van der Waals surface area contributed by atoms with E-state index in [1.165, 1.54) is 12.8 Å². The maximum Gasteiger partial charge on any atom is 0.257 e. The van der Waals surface area contributed by atoms with Crippen LogP contribution in [0.25, 0.3) is 5.95 Å². The molecule has 0 aliphatic carbocycles. The molecule has 1 unspecified atom stereocenters. The maximum atomic E-state index is 5.70. The molecule has 0 radical (unpaired) electrons. The van der Waals surface area contributed by atoms with Crippen molar-refractivity contribution in [3.63, 3.8) is 0 Å². The molecule has 0 fully saturated rings. The minimum Gasteiger partial charge on any atom is -0.368 e. The smallest absolute Gasteiger partial charge is 0.257 e. The number of nitrogen functional groups attached to an aromatic ring is 1. The second kappa shape index (κ2) is 6.12. The molecule has 0 aliphatic heterocycles. The van der Waals surface area contributed by atoms with E-state index < -0.39 is 0 Å². The molecule has 0 saturated heterocycles. The highest BCUT2D eigenvalue weighted by Gasteiger charge is 2.09. The summed E-state index contributed by atoms with van der Waals surface area (Å²) >= 11 is 0. The maximum absolute atomic E-state index is 5.70. The molecule has 2 aromatic heterocycles. The summed E-state index contributed by atoms with van der Waals surface area (Å²) in [5.41, 5.74) is 5.70. The van der Waals surface area contributed by atoms with Crippen molar-refractivity contribution in [3.05, 3.63) is 18.5 Å². The molecule has 2 rings (SSSR count). The lowest BCUT2D eigenvalue weighted by molar-refractivity contribution is 0.639. The lowest BCUT2D eigenvalue weighted by Crippen LogP contribution is -2.19. The number of hydrogen-bond donors (Lipinski definition) is 2. The highest BCUT2D eigenvalue weighted by atomic mass is 15.4. The molecular weight excluding hydrogens is 242 g/mol. The highest BCUT2D eigenvalue weighted by molar-refractivity contribution is 5.35. The molecule has 1 atom stereocenters. The van der Waals surface area contributed by atoms with Crippen LogP contribution in [0.15, 0.2) is 18.5 Å². The fourth-order valence-electron chi connectivity index (χ4n) is 1.74. The normalized spacial score (nSPS) is 12.3. The Morgan fingerprint density at radius 2 is 2.21 bits per heavy atom. The lowest BCUT2D eigenvalue weighted by Gasteiger charge is -2.13. The third kappa shape index (κ3) is 3.64. The van der Waals surface area contributed by atoms with Crippen LogP contribution < -0.4 is 11.1 Å². The predicted molar refractivity (Wildman–Crippen MR) is 74.0 cm³/mol. The van der Waals surface area contributed by atoms with Crippen molar-refractivity contribution < 1.29 is 0 Å². The van der Waals surface area contributed by atoms with Gasteiger partial charge in [-0.2, -0.15) is 20.1 Å². The summed E-state index contributed by atoms with van der Waals surface area (Å²) in [6.45, 7) is 4.27. The van der Waals surface area contributed by atoms with Crippen LogP contribution in [0.1, 0.15) is 33.1 Å². The van der Waals surface area contributed by atoms with Crippen molar-refractivity contribution >= 4 is 11.9 Å². The van der Waals surface area contributed by atoms with E-state index in [1.807, 2.05) is 0 Å². The van der Waals surface area contributed by atoms with Crippen molar-refractivity contribution in [2.75, 3.05) is 11.1 Å². The van der Waals surface area contributed by atoms with Gasteiger partial charge in [0.15, 0.2) is 0 Å². The number of hydrogen-bond acceptors (Lipinski definition) is 6. The summed E-state index contributed by atoms with van der Waals surface area (Å²) in [4.78, 5) is 12.5. The molecule has 102 valence electrons. The molecule has 0 saturated carbocycles. The van der Waals surface area contributed by atoms with Crippen LogP contribution in [0.2, 0.25) is 0 Å². The van der Waals surface area contributed by atoms with E-state index in [1.54, 1.807) is 23.1 Å². The van der Waals surface area contributed by atoms with Crippen molar-refractivity contribution in [1.29, 1.82) is 0 Å². The first-order chi connectivity index (χ1) is 9.19. The van der Waals surface area contributed by atoms with Gasteiger partial charge in [0.2, 0.25) is 11.9 Å². The Balaban J connectivity index is 2.13. The van der Waals surface area contributed by atoms with E-state index in [0.29, 0.717) is 17.9 Å². The average molecular weight is 261 g/mol. The van der Waals surface area contributed by atoms with E-state index >= 15 is 0 Å². The Bertz CT molecular complexity index is 509. The minimum absolute atomic E-state index is 0.186. The molecule has 0 aliphatic rings. The molecule has 0 spiro atoms. The zero-order valence-electron chi connectivity index (χ0n) is 11.2. The van der Waals surface area contributed by atoms with Crippen molar-refractivity contribution in [1.82, 2.24) is 24.7 Å². The van der Waals surface area contributed by atoms with Crippen molar-refractivity contribution in [2.45, 2.75) is 39.2 Å². The third-order valence-electron chi connectivity index (χ3n) is 2.72. The predicted octanol–water partition coefficient (Wildman–Crippen LogP) is 1.63. The number of nitrogens with zero attached hydrogens (tertiary/aromatic N) is 5. The van der Waals surface area contributed by atoms with Crippen LogP contribution in [0.5, 0.6) is 0 Å². The molecule has 3 N–H and O–H groups in total. The first kappa shape index (κ1) is 13.3. The van der Waals surface area contributed by atoms with Gasteiger partial charge < -0.3 is 11.1 Å². The topological polar surface area (TPSA) is 94.5 Å². The number of aromatic nitrogens is 5. The van der Waals surface area contributed by atoms with E-state index in [-0.39, 0.29) is 5.95 Å². The summed E-state index contributed by atoms with van der Waals surface area (Å²) < 4.78 is 1.56. The van der Waals surface area contributed by atoms with Crippen LogP contribution in [-0.2, 0) is 0 Å². The van der Waals surface area contributed by atoms with Gasteiger partial charge in [-0.15, -0.1) is 0 Å². The number of anilines is 2. The highest BCUT2D eigenvalue weighted by Crippen LogP contribution is 2.10. The number of nitrogens with two attached hydrogens (primary N) is 1. The molecule has 7 heteroatoms. The minimum atomic E-state index is 0.186. The second-order valence-corrected chi connectivity index (χ2v) is 4.46. The summed E-state index contributed by atoms with van der Waals surface area (Å²) in [7, 11) is 0. The van der Waals surface area contributed by atoms with E-state index in [0.717, 1.165) is 6.42 Å². The van der Waals surface area contributed by atoms with Gasteiger partial charge in [-0.05, 0) is 19.4 Å². The van der Waals surface area contributed by atoms with Crippen LogP contribution in [0.3, 0.4) is 0 Å². The van der Waals surface area contributed by atoms with Gasteiger partial charge in [-0.3, -0.25) is 0 Å². The standard InChI is InChI=1S/C12H19N7/c1-3-4-6-9(2)15-11-16-10(13)17-12(18-11)19-8-5-7-14-19/h5,7-9H,3-4,6H2,1-2H3,(H3,13,15,16,17,18). The van der Waals surface area contributed by atoms with Gasteiger partial charge in [-0.25, -0.2) is 4.68 Å². The van der Waals surface area contributed by atoms with Gasteiger partial charge in [0.25, 0.3) is 5.95 Å². The van der Waals surface area contributed by atoms with Gasteiger partial charge in [0.05, 0.1) is 0 Å². The van der Waals surface area contributed by atoms with E-state index in [2.05, 4.69) is 39.2 Å².